The highest BCUT2D eigenvalue weighted by Gasteiger charge is 2.28. The first-order valence-electron chi connectivity index (χ1n) is 6.89. The fourth-order valence-electron chi connectivity index (χ4n) is 3.03. The fourth-order valence-corrected chi connectivity index (χ4v) is 3.69. The van der Waals surface area contributed by atoms with E-state index in [4.69, 9.17) is 0 Å². The maximum absolute atomic E-state index is 3.89. The summed E-state index contributed by atoms with van der Waals surface area (Å²) in [5.41, 5.74) is 2.99. The predicted octanol–water partition coefficient (Wildman–Crippen LogP) is 5.13. The Morgan fingerprint density at radius 1 is 1.24 bits per heavy atom. The summed E-state index contributed by atoms with van der Waals surface area (Å²) >= 11 is 3.89. The summed E-state index contributed by atoms with van der Waals surface area (Å²) in [5, 5.41) is 0. The molecular weight excluding hydrogens is 272 g/mol. The lowest BCUT2D eigenvalue weighted by molar-refractivity contribution is 0.271. The predicted molar refractivity (Wildman–Crippen MR) is 78.7 cm³/mol. The Labute approximate surface area is 114 Å². The first-order chi connectivity index (χ1) is 8.20. The van der Waals surface area contributed by atoms with E-state index in [2.05, 4.69) is 54.0 Å². The van der Waals surface area contributed by atoms with Gasteiger partial charge in [0.15, 0.2) is 0 Å². The summed E-state index contributed by atoms with van der Waals surface area (Å²) in [7, 11) is 0. The van der Waals surface area contributed by atoms with E-state index in [0.717, 1.165) is 16.7 Å². The van der Waals surface area contributed by atoms with Gasteiger partial charge in [-0.2, -0.15) is 0 Å². The molecule has 1 aromatic rings. The van der Waals surface area contributed by atoms with Crippen molar-refractivity contribution in [1.29, 1.82) is 0 Å². The van der Waals surface area contributed by atoms with E-state index < -0.39 is 0 Å². The zero-order valence-electron chi connectivity index (χ0n) is 11.0. The second-order valence-electron chi connectivity index (χ2n) is 5.49. The van der Waals surface area contributed by atoms with Crippen LogP contribution >= 0.6 is 15.9 Å². The van der Waals surface area contributed by atoms with Gasteiger partial charge in [0.2, 0.25) is 0 Å². The van der Waals surface area contributed by atoms with Crippen LogP contribution in [0.1, 0.15) is 43.7 Å². The van der Waals surface area contributed by atoms with Crippen LogP contribution in [0.3, 0.4) is 0 Å². The highest BCUT2D eigenvalue weighted by atomic mass is 79.9. The van der Waals surface area contributed by atoms with Crippen molar-refractivity contribution in [3.8, 4) is 0 Å². The quantitative estimate of drug-likeness (QED) is 0.678. The molecule has 1 saturated carbocycles. The Balaban J connectivity index is 2.04. The summed E-state index contributed by atoms with van der Waals surface area (Å²) in [6.45, 7) is 4.57. The van der Waals surface area contributed by atoms with Gasteiger partial charge in [0, 0.05) is 4.83 Å². The minimum Gasteiger partial charge on any atom is -0.0888 e. The molecule has 1 aliphatic carbocycles. The first-order valence-corrected chi connectivity index (χ1v) is 7.80. The number of rotatable bonds is 3. The molecule has 1 fully saturated rings. The molecule has 1 heteroatoms. The fraction of sp³-hybridized carbons (Fsp3) is 0.625. The van der Waals surface area contributed by atoms with Gasteiger partial charge in [-0.25, -0.2) is 0 Å². The van der Waals surface area contributed by atoms with E-state index in [-0.39, 0.29) is 0 Å². The van der Waals surface area contributed by atoms with E-state index >= 15 is 0 Å². The lowest BCUT2D eigenvalue weighted by Gasteiger charge is -2.33. The molecule has 0 spiro atoms. The lowest BCUT2D eigenvalue weighted by Crippen LogP contribution is -2.26. The summed E-state index contributed by atoms with van der Waals surface area (Å²) in [5.74, 6) is 1.78. The molecule has 0 aromatic heterocycles. The van der Waals surface area contributed by atoms with Crippen LogP contribution in [0.5, 0.6) is 0 Å². The third kappa shape index (κ3) is 3.34. The van der Waals surface area contributed by atoms with Gasteiger partial charge in [-0.15, -0.1) is 0 Å². The minimum absolute atomic E-state index is 0.727. The van der Waals surface area contributed by atoms with Gasteiger partial charge in [0.05, 0.1) is 0 Å². The van der Waals surface area contributed by atoms with Crippen LogP contribution in [0.2, 0.25) is 0 Å². The molecular formula is C16H23Br. The van der Waals surface area contributed by atoms with Gasteiger partial charge in [0.1, 0.15) is 0 Å². The van der Waals surface area contributed by atoms with E-state index in [9.17, 15) is 0 Å². The Bertz CT molecular complexity index is 358. The zero-order valence-corrected chi connectivity index (χ0v) is 12.5. The Hall–Kier alpha value is -0.300. The standard InChI is InChI=1S/C16H23Br/c1-3-13-8-9-16(17)15(10-13)11-14-7-5-4-6-12(14)2/h4-7,13,15-16H,3,8-11H2,1-2H3. The van der Waals surface area contributed by atoms with Crippen molar-refractivity contribution >= 4 is 15.9 Å². The molecule has 17 heavy (non-hydrogen) atoms. The molecule has 0 radical (unpaired) electrons. The molecule has 2 rings (SSSR count). The van der Waals surface area contributed by atoms with Gasteiger partial charge in [0.25, 0.3) is 0 Å². The monoisotopic (exact) mass is 294 g/mol. The molecule has 3 atom stereocenters. The molecule has 0 N–H and O–H groups in total. The normalized spacial score (nSPS) is 29.2. The van der Waals surface area contributed by atoms with Crippen LogP contribution in [0.4, 0.5) is 0 Å². The van der Waals surface area contributed by atoms with Crippen molar-refractivity contribution in [3.63, 3.8) is 0 Å². The molecule has 3 unspecified atom stereocenters. The van der Waals surface area contributed by atoms with Gasteiger partial charge >= 0.3 is 0 Å². The van der Waals surface area contributed by atoms with Crippen molar-refractivity contribution in [3.05, 3.63) is 35.4 Å². The second kappa shape index (κ2) is 6.04. The third-order valence-corrected chi connectivity index (χ3v) is 5.52. The van der Waals surface area contributed by atoms with Crippen LogP contribution < -0.4 is 0 Å². The summed E-state index contributed by atoms with van der Waals surface area (Å²) in [6.07, 6.45) is 6.77. The second-order valence-corrected chi connectivity index (χ2v) is 6.67. The molecule has 94 valence electrons. The van der Waals surface area contributed by atoms with Crippen molar-refractivity contribution in [2.24, 2.45) is 11.8 Å². The lowest BCUT2D eigenvalue weighted by atomic mass is 9.77. The zero-order chi connectivity index (χ0) is 12.3. The number of hydrogen-bond acceptors (Lipinski definition) is 0. The highest BCUT2D eigenvalue weighted by Crippen LogP contribution is 2.37. The van der Waals surface area contributed by atoms with Crippen molar-refractivity contribution in [1.82, 2.24) is 0 Å². The van der Waals surface area contributed by atoms with Crippen LogP contribution in [-0.4, -0.2) is 4.83 Å². The highest BCUT2D eigenvalue weighted by molar-refractivity contribution is 9.09. The average molecular weight is 295 g/mol. The van der Waals surface area contributed by atoms with Crippen molar-refractivity contribution < 1.29 is 0 Å². The van der Waals surface area contributed by atoms with Crippen LogP contribution in [-0.2, 0) is 6.42 Å². The number of alkyl halides is 1. The van der Waals surface area contributed by atoms with Crippen LogP contribution in [0.15, 0.2) is 24.3 Å². The maximum Gasteiger partial charge on any atom is 0.0177 e. The van der Waals surface area contributed by atoms with Crippen molar-refractivity contribution in [2.75, 3.05) is 0 Å². The summed E-state index contributed by atoms with van der Waals surface area (Å²) in [6, 6.07) is 8.84. The number of aryl methyl sites for hydroxylation is 1. The SMILES string of the molecule is CCC1CCC(Br)C(Cc2ccccc2C)C1. The van der Waals surface area contributed by atoms with E-state index in [1.165, 1.54) is 37.7 Å². The van der Waals surface area contributed by atoms with E-state index in [0.29, 0.717) is 0 Å². The molecule has 1 aromatic carbocycles. The van der Waals surface area contributed by atoms with E-state index in [1.54, 1.807) is 5.56 Å². The van der Waals surface area contributed by atoms with Gasteiger partial charge in [-0.3, -0.25) is 0 Å². The topological polar surface area (TPSA) is 0 Å². The molecule has 0 bridgehead atoms. The molecule has 0 nitrogen and oxygen atoms in total. The molecule has 0 heterocycles. The summed E-state index contributed by atoms with van der Waals surface area (Å²) < 4.78 is 0. The number of halogens is 1. The largest absolute Gasteiger partial charge is 0.0888 e. The third-order valence-electron chi connectivity index (χ3n) is 4.32. The van der Waals surface area contributed by atoms with Gasteiger partial charge < -0.3 is 0 Å². The summed E-state index contributed by atoms with van der Waals surface area (Å²) in [4.78, 5) is 0.727. The minimum atomic E-state index is 0.727. The molecule has 0 aliphatic heterocycles. The molecule has 0 amide bonds. The van der Waals surface area contributed by atoms with Crippen molar-refractivity contribution in [2.45, 2.75) is 50.8 Å². The van der Waals surface area contributed by atoms with Crippen LogP contribution in [0.25, 0.3) is 0 Å². The Morgan fingerprint density at radius 2 is 2.00 bits per heavy atom. The first kappa shape index (κ1) is 13.1. The molecule has 1 aliphatic rings. The number of hydrogen-bond donors (Lipinski definition) is 0. The average Bonchev–Trinajstić information content (AvgIpc) is 2.35. The van der Waals surface area contributed by atoms with Gasteiger partial charge in [-0.05, 0) is 55.6 Å². The van der Waals surface area contributed by atoms with E-state index in [1.807, 2.05) is 0 Å². The molecule has 0 saturated heterocycles. The van der Waals surface area contributed by atoms with Gasteiger partial charge in [-0.1, -0.05) is 53.5 Å². The Morgan fingerprint density at radius 3 is 2.71 bits per heavy atom. The van der Waals surface area contributed by atoms with Crippen LogP contribution in [0, 0.1) is 18.8 Å². The smallest absolute Gasteiger partial charge is 0.0177 e. The maximum atomic E-state index is 3.89. The Kier molecular flexibility index (Phi) is 4.67. The number of benzene rings is 1.